The predicted molar refractivity (Wildman–Crippen MR) is 134 cm³/mol. The monoisotopic (exact) mass is 563 g/mol. The van der Waals surface area contributed by atoms with Crippen molar-refractivity contribution in [3.05, 3.63) is 35.7 Å². The van der Waals surface area contributed by atoms with Gasteiger partial charge in [0.1, 0.15) is 29.8 Å². The van der Waals surface area contributed by atoms with E-state index in [9.17, 15) is 18.4 Å². The van der Waals surface area contributed by atoms with Crippen LogP contribution in [-0.4, -0.2) is 59.1 Å². The molecule has 0 bridgehead atoms. The van der Waals surface area contributed by atoms with E-state index in [1.165, 1.54) is 12.5 Å². The first-order valence-electron chi connectivity index (χ1n) is 13.5. The van der Waals surface area contributed by atoms with E-state index in [1.807, 2.05) is 0 Å². The number of aromatic nitrogens is 7. The molecule has 3 aromatic rings. The van der Waals surface area contributed by atoms with Gasteiger partial charge in [-0.05, 0) is 55.5 Å². The highest BCUT2D eigenvalue weighted by atomic mass is 19.3. The second-order valence-corrected chi connectivity index (χ2v) is 10.9. The lowest BCUT2D eigenvalue weighted by atomic mass is 9.79. The first kappa shape index (κ1) is 27.8. The molecular weight excluding hydrogens is 531 g/mol. The number of hydrogen-bond donors (Lipinski definition) is 2. The molecule has 0 saturated heterocycles. The molecular formula is C25H32F3N9O3. The summed E-state index contributed by atoms with van der Waals surface area (Å²) in [7, 11) is 0. The Morgan fingerprint density at radius 1 is 1.15 bits per heavy atom. The third kappa shape index (κ3) is 6.33. The first-order chi connectivity index (χ1) is 19.2. The number of alkyl halides is 2. The van der Waals surface area contributed by atoms with Gasteiger partial charge in [-0.1, -0.05) is 24.9 Å². The van der Waals surface area contributed by atoms with Gasteiger partial charge in [-0.25, -0.2) is 13.4 Å². The molecule has 12 nitrogen and oxygen atoms in total. The standard InChI is InChI=1S/C25H32F3N9O3/c1-13-3-7-16(8-4-13)21(31-24(38)20-14(2)34-40-35-20)25(39)30-17-11-37(33-22(17)28)18(9-19(26)27)23-32-29-12-36(23)10-15-5-6-15/h11-13,15-16,18-19,21H,3-10H2,1-2H3,(H,30,39)(H,31,38)/t13-,16-,18-,21-/m0/s1. The first-order valence-corrected chi connectivity index (χ1v) is 13.5. The summed E-state index contributed by atoms with van der Waals surface area (Å²) in [5, 5.41) is 24.1. The molecule has 5 rings (SSSR count). The van der Waals surface area contributed by atoms with E-state index in [0.717, 1.165) is 30.4 Å². The second-order valence-electron chi connectivity index (χ2n) is 10.9. The lowest BCUT2D eigenvalue weighted by Crippen LogP contribution is -2.49. The quantitative estimate of drug-likeness (QED) is 0.360. The van der Waals surface area contributed by atoms with Gasteiger partial charge in [-0.2, -0.15) is 4.39 Å². The number of carbonyl (C=O) groups excluding carboxylic acids is 2. The Labute approximate surface area is 228 Å². The van der Waals surface area contributed by atoms with Gasteiger partial charge >= 0.3 is 0 Å². The Balaban J connectivity index is 1.37. The summed E-state index contributed by atoms with van der Waals surface area (Å²) in [4.78, 5) is 26.3. The molecule has 2 amide bonds. The van der Waals surface area contributed by atoms with Gasteiger partial charge in [0.2, 0.25) is 12.3 Å². The van der Waals surface area contributed by atoms with Gasteiger partial charge in [0.25, 0.3) is 11.9 Å². The summed E-state index contributed by atoms with van der Waals surface area (Å²) in [5.41, 5.74) is -0.0767. The Morgan fingerprint density at radius 3 is 2.55 bits per heavy atom. The highest BCUT2D eigenvalue weighted by Gasteiger charge is 2.35. The number of nitrogens with one attached hydrogen (secondary N) is 2. The summed E-state index contributed by atoms with van der Waals surface area (Å²) < 4.78 is 49.5. The summed E-state index contributed by atoms with van der Waals surface area (Å²) >= 11 is 0. The second kappa shape index (κ2) is 11.8. The lowest BCUT2D eigenvalue weighted by Gasteiger charge is -2.32. The maximum absolute atomic E-state index is 15.0. The number of nitrogens with zero attached hydrogens (tertiary/aromatic N) is 7. The largest absolute Gasteiger partial charge is 0.338 e. The third-order valence-corrected chi connectivity index (χ3v) is 7.73. The molecule has 0 unspecified atom stereocenters. The SMILES string of the molecule is Cc1nonc1C(=O)N[C@H](C(=O)Nc1cn([C@@H](CC(F)F)c2nncn2CC2CC2)nc1F)[C@H]1CC[C@H](C)CC1. The molecule has 15 heteroatoms. The Bertz CT molecular complexity index is 1330. The molecule has 0 aliphatic heterocycles. The highest BCUT2D eigenvalue weighted by Crippen LogP contribution is 2.34. The minimum Gasteiger partial charge on any atom is -0.338 e. The molecule has 3 aromatic heterocycles. The molecule has 2 aliphatic carbocycles. The normalized spacial score (nSPS) is 20.9. The van der Waals surface area contributed by atoms with Crippen molar-refractivity contribution in [1.29, 1.82) is 0 Å². The average Bonchev–Trinajstić information content (AvgIpc) is 3.25. The number of hydrogen-bond acceptors (Lipinski definition) is 8. The van der Waals surface area contributed by atoms with Crippen LogP contribution in [0.5, 0.6) is 0 Å². The van der Waals surface area contributed by atoms with Crippen molar-refractivity contribution in [3.63, 3.8) is 0 Å². The van der Waals surface area contributed by atoms with Gasteiger partial charge in [0, 0.05) is 13.0 Å². The van der Waals surface area contributed by atoms with Crippen LogP contribution in [0.4, 0.5) is 18.9 Å². The van der Waals surface area contributed by atoms with Gasteiger partial charge in [-0.3, -0.25) is 14.3 Å². The van der Waals surface area contributed by atoms with E-state index in [-0.39, 0.29) is 28.8 Å². The molecule has 0 radical (unpaired) electrons. The van der Waals surface area contributed by atoms with E-state index in [4.69, 9.17) is 0 Å². The maximum Gasteiger partial charge on any atom is 0.276 e. The van der Waals surface area contributed by atoms with Crippen molar-refractivity contribution in [2.75, 3.05) is 5.32 Å². The smallest absolute Gasteiger partial charge is 0.276 e. The zero-order valence-electron chi connectivity index (χ0n) is 22.3. The Morgan fingerprint density at radius 2 is 1.90 bits per heavy atom. The van der Waals surface area contributed by atoms with Crippen LogP contribution in [0.2, 0.25) is 0 Å². The van der Waals surface area contributed by atoms with Crippen LogP contribution in [0.1, 0.15) is 79.9 Å². The van der Waals surface area contributed by atoms with E-state index in [0.29, 0.717) is 31.2 Å². The summed E-state index contributed by atoms with van der Waals surface area (Å²) in [6.07, 6.45) is 4.45. The van der Waals surface area contributed by atoms with Crippen molar-refractivity contribution in [1.82, 2.24) is 40.2 Å². The Kier molecular flexibility index (Phi) is 8.17. The molecule has 2 aliphatic rings. The van der Waals surface area contributed by atoms with E-state index in [2.05, 4.69) is 47.8 Å². The molecule has 2 N–H and O–H groups in total. The zero-order valence-corrected chi connectivity index (χ0v) is 22.3. The number of halogens is 3. The fourth-order valence-electron chi connectivity index (χ4n) is 5.23. The van der Waals surface area contributed by atoms with Crippen LogP contribution in [0, 0.1) is 30.6 Å². The van der Waals surface area contributed by atoms with Crippen molar-refractivity contribution in [2.24, 2.45) is 17.8 Å². The number of rotatable bonds is 11. The van der Waals surface area contributed by atoms with Crippen LogP contribution in [0.15, 0.2) is 17.2 Å². The summed E-state index contributed by atoms with van der Waals surface area (Å²) in [6.45, 7) is 4.25. The molecule has 0 spiro atoms. The highest BCUT2D eigenvalue weighted by molar-refractivity contribution is 6.00. The molecule has 216 valence electrons. The van der Waals surface area contributed by atoms with Crippen molar-refractivity contribution < 1.29 is 27.4 Å². The topological polar surface area (TPSA) is 146 Å². The van der Waals surface area contributed by atoms with Crippen molar-refractivity contribution in [3.8, 4) is 0 Å². The van der Waals surface area contributed by atoms with Crippen LogP contribution >= 0.6 is 0 Å². The van der Waals surface area contributed by atoms with Crippen molar-refractivity contribution in [2.45, 2.75) is 83.8 Å². The average molecular weight is 564 g/mol. The van der Waals surface area contributed by atoms with Crippen LogP contribution < -0.4 is 10.6 Å². The third-order valence-electron chi connectivity index (χ3n) is 7.73. The van der Waals surface area contributed by atoms with Gasteiger partial charge in [0.05, 0.1) is 6.20 Å². The molecule has 2 fully saturated rings. The number of carbonyl (C=O) groups is 2. The fraction of sp³-hybridized carbons (Fsp3) is 0.640. The van der Waals surface area contributed by atoms with E-state index < -0.39 is 42.7 Å². The molecule has 0 aromatic carbocycles. The van der Waals surface area contributed by atoms with Crippen LogP contribution in [0.3, 0.4) is 0 Å². The number of anilines is 1. The van der Waals surface area contributed by atoms with Crippen molar-refractivity contribution >= 4 is 17.5 Å². The Hall–Kier alpha value is -3.78. The maximum atomic E-state index is 15.0. The van der Waals surface area contributed by atoms with E-state index >= 15 is 4.39 Å². The van der Waals surface area contributed by atoms with Crippen LogP contribution in [-0.2, 0) is 11.3 Å². The predicted octanol–water partition coefficient (Wildman–Crippen LogP) is 3.52. The molecule has 2 saturated carbocycles. The zero-order chi connectivity index (χ0) is 28.4. The van der Waals surface area contributed by atoms with Gasteiger partial charge in [-0.15, -0.1) is 15.3 Å². The number of aryl methyl sites for hydroxylation is 1. The minimum atomic E-state index is -2.72. The summed E-state index contributed by atoms with van der Waals surface area (Å²) in [6, 6.07) is -2.10. The molecule has 40 heavy (non-hydrogen) atoms. The van der Waals surface area contributed by atoms with Gasteiger partial charge < -0.3 is 15.2 Å². The molecule has 3 heterocycles. The van der Waals surface area contributed by atoms with Crippen LogP contribution in [0.25, 0.3) is 0 Å². The number of amides is 2. The fourth-order valence-corrected chi connectivity index (χ4v) is 5.23. The van der Waals surface area contributed by atoms with Gasteiger partial charge in [0.15, 0.2) is 11.5 Å². The van der Waals surface area contributed by atoms with E-state index in [1.54, 1.807) is 11.5 Å². The lowest BCUT2D eigenvalue weighted by molar-refractivity contribution is -0.119. The summed E-state index contributed by atoms with van der Waals surface area (Å²) in [5.74, 6) is -1.38. The minimum absolute atomic E-state index is 0.0499. The molecule has 2 atom stereocenters.